The highest BCUT2D eigenvalue weighted by Gasteiger charge is 2.29. The van der Waals surface area contributed by atoms with E-state index in [1.165, 1.54) is 5.56 Å². The molecule has 1 N–H and O–H groups in total. The number of benzene rings is 1. The van der Waals surface area contributed by atoms with Crippen molar-refractivity contribution in [3.63, 3.8) is 0 Å². The van der Waals surface area contributed by atoms with Gasteiger partial charge in [0.15, 0.2) is 0 Å². The summed E-state index contributed by atoms with van der Waals surface area (Å²) in [5, 5.41) is 3.33. The molecule has 25 heavy (non-hydrogen) atoms. The van der Waals surface area contributed by atoms with Crippen LogP contribution in [0.4, 0.5) is 0 Å². The molecule has 2 fully saturated rings. The fraction of sp³-hybridized carbons (Fsp3) is 0.632. The number of hydrogen-bond acceptors (Lipinski definition) is 4. The summed E-state index contributed by atoms with van der Waals surface area (Å²) < 4.78 is 5.33. The van der Waals surface area contributed by atoms with E-state index in [0.29, 0.717) is 11.9 Å². The molecule has 2 aliphatic rings. The maximum absolute atomic E-state index is 12.6. The van der Waals surface area contributed by atoms with Crippen LogP contribution in [0.15, 0.2) is 24.3 Å². The zero-order chi connectivity index (χ0) is 16.9. The van der Waals surface area contributed by atoms with Crippen molar-refractivity contribution in [2.24, 2.45) is 5.92 Å². The summed E-state index contributed by atoms with van der Waals surface area (Å²) in [7, 11) is 1.70. The Morgan fingerprint density at radius 1 is 1.20 bits per heavy atom. The Balaban J connectivity index is 0.00000225. The molecule has 1 aromatic rings. The van der Waals surface area contributed by atoms with Gasteiger partial charge in [0.05, 0.1) is 7.11 Å². The first-order valence-electron chi connectivity index (χ1n) is 9.06. The van der Waals surface area contributed by atoms with Gasteiger partial charge < -0.3 is 15.0 Å². The zero-order valence-corrected chi connectivity index (χ0v) is 16.1. The van der Waals surface area contributed by atoms with Crippen LogP contribution in [-0.4, -0.2) is 62.1 Å². The second-order valence-corrected chi connectivity index (χ2v) is 6.84. The molecule has 1 atom stereocenters. The number of amides is 1. The maximum Gasteiger partial charge on any atom is 0.225 e. The number of hydrogen-bond donors (Lipinski definition) is 1. The van der Waals surface area contributed by atoms with E-state index in [-0.39, 0.29) is 18.3 Å². The molecule has 0 aliphatic carbocycles. The van der Waals surface area contributed by atoms with Gasteiger partial charge in [-0.05, 0) is 50.6 Å². The lowest BCUT2D eigenvalue weighted by atomic mass is 9.96. The van der Waals surface area contributed by atoms with Crippen LogP contribution < -0.4 is 10.1 Å². The van der Waals surface area contributed by atoms with Crippen molar-refractivity contribution in [2.45, 2.75) is 25.8 Å². The van der Waals surface area contributed by atoms with E-state index >= 15 is 0 Å². The van der Waals surface area contributed by atoms with Gasteiger partial charge in [0, 0.05) is 38.1 Å². The van der Waals surface area contributed by atoms with Crippen LogP contribution >= 0.6 is 12.4 Å². The molecule has 1 aromatic carbocycles. The number of halogens is 1. The Morgan fingerprint density at radius 2 is 1.88 bits per heavy atom. The highest BCUT2D eigenvalue weighted by atomic mass is 35.5. The predicted octanol–water partition coefficient (Wildman–Crippen LogP) is 2.32. The normalized spacial score (nSPS) is 20.6. The molecular weight excluding hydrogens is 338 g/mol. The van der Waals surface area contributed by atoms with Crippen molar-refractivity contribution in [3.8, 4) is 5.75 Å². The number of ether oxygens (including phenoxy) is 1. The van der Waals surface area contributed by atoms with E-state index in [4.69, 9.17) is 4.74 Å². The molecule has 0 aromatic heterocycles. The second kappa shape index (κ2) is 9.41. The predicted molar refractivity (Wildman–Crippen MR) is 102 cm³/mol. The molecule has 2 heterocycles. The molecule has 0 saturated carbocycles. The van der Waals surface area contributed by atoms with Crippen molar-refractivity contribution < 1.29 is 9.53 Å². The maximum atomic E-state index is 12.6. The average Bonchev–Trinajstić information content (AvgIpc) is 2.67. The van der Waals surface area contributed by atoms with E-state index < -0.39 is 0 Å². The highest BCUT2D eigenvalue weighted by molar-refractivity contribution is 5.85. The van der Waals surface area contributed by atoms with Gasteiger partial charge in [-0.1, -0.05) is 12.1 Å². The van der Waals surface area contributed by atoms with Gasteiger partial charge in [0.25, 0.3) is 0 Å². The van der Waals surface area contributed by atoms with E-state index in [1.807, 2.05) is 12.1 Å². The van der Waals surface area contributed by atoms with Crippen molar-refractivity contribution in [2.75, 3.05) is 46.4 Å². The fourth-order valence-electron chi connectivity index (χ4n) is 3.77. The first-order valence-corrected chi connectivity index (χ1v) is 9.06. The second-order valence-electron chi connectivity index (χ2n) is 6.84. The molecule has 0 bridgehead atoms. The number of carbonyl (C=O) groups is 1. The lowest BCUT2D eigenvalue weighted by Gasteiger charge is -2.40. The number of piperazine rings is 1. The molecule has 0 spiro atoms. The van der Waals surface area contributed by atoms with Crippen LogP contribution in [0.1, 0.15) is 31.4 Å². The van der Waals surface area contributed by atoms with Gasteiger partial charge in [0.2, 0.25) is 5.91 Å². The summed E-state index contributed by atoms with van der Waals surface area (Å²) >= 11 is 0. The van der Waals surface area contributed by atoms with Gasteiger partial charge in [-0.15, -0.1) is 12.4 Å². The van der Waals surface area contributed by atoms with Crippen LogP contribution in [0, 0.1) is 5.92 Å². The summed E-state index contributed by atoms with van der Waals surface area (Å²) in [6.45, 7) is 7.75. The Morgan fingerprint density at radius 3 is 2.52 bits per heavy atom. The monoisotopic (exact) mass is 367 g/mol. The minimum Gasteiger partial charge on any atom is -0.497 e. The van der Waals surface area contributed by atoms with E-state index in [1.54, 1.807) is 7.11 Å². The molecule has 140 valence electrons. The third-order valence-corrected chi connectivity index (χ3v) is 5.44. The minimum absolute atomic E-state index is 0. The van der Waals surface area contributed by atoms with Gasteiger partial charge in [-0.25, -0.2) is 0 Å². The SMILES string of the molecule is COc1cccc(C(C)N2CCN(C(=O)C3CCNCC3)CC2)c1.Cl. The zero-order valence-electron chi connectivity index (χ0n) is 15.2. The van der Waals surface area contributed by atoms with Crippen molar-refractivity contribution in [1.82, 2.24) is 15.1 Å². The first-order chi connectivity index (χ1) is 11.7. The van der Waals surface area contributed by atoms with E-state index in [0.717, 1.165) is 57.9 Å². The van der Waals surface area contributed by atoms with Crippen molar-refractivity contribution >= 4 is 18.3 Å². The van der Waals surface area contributed by atoms with Crippen LogP contribution in [0.25, 0.3) is 0 Å². The topological polar surface area (TPSA) is 44.8 Å². The number of nitrogens with zero attached hydrogens (tertiary/aromatic N) is 2. The summed E-state index contributed by atoms with van der Waals surface area (Å²) in [6.07, 6.45) is 1.97. The molecular formula is C19H30ClN3O2. The largest absolute Gasteiger partial charge is 0.497 e. The lowest BCUT2D eigenvalue weighted by molar-refractivity contribution is -0.138. The number of carbonyl (C=O) groups excluding carboxylic acids is 1. The number of rotatable bonds is 4. The van der Waals surface area contributed by atoms with Crippen molar-refractivity contribution in [3.05, 3.63) is 29.8 Å². The lowest BCUT2D eigenvalue weighted by Crippen LogP contribution is -2.51. The Bertz CT molecular complexity index is 555. The van der Waals surface area contributed by atoms with Gasteiger partial charge in [-0.3, -0.25) is 9.69 Å². The molecule has 0 radical (unpaired) electrons. The number of methoxy groups -OCH3 is 1. The van der Waals surface area contributed by atoms with Crippen molar-refractivity contribution in [1.29, 1.82) is 0 Å². The standard InChI is InChI=1S/C19H29N3O2.ClH/c1-15(17-4-3-5-18(14-17)24-2)21-10-12-22(13-11-21)19(23)16-6-8-20-9-7-16;/h3-5,14-16,20H,6-13H2,1-2H3;1H. The van der Waals surface area contributed by atoms with Gasteiger partial charge in [-0.2, -0.15) is 0 Å². The minimum atomic E-state index is 0. The van der Waals surface area contributed by atoms with Crippen LogP contribution in [0.3, 0.4) is 0 Å². The molecule has 1 amide bonds. The van der Waals surface area contributed by atoms with Crippen LogP contribution in [0.2, 0.25) is 0 Å². The Labute approximate surface area is 157 Å². The summed E-state index contributed by atoms with van der Waals surface area (Å²) in [6, 6.07) is 8.63. The third-order valence-electron chi connectivity index (χ3n) is 5.44. The van der Waals surface area contributed by atoms with Crippen LogP contribution in [-0.2, 0) is 4.79 Å². The molecule has 6 heteroatoms. The molecule has 2 aliphatic heterocycles. The van der Waals surface area contributed by atoms with E-state index in [9.17, 15) is 4.79 Å². The Hall–Kier alpha value is -1.30. The summed E-state index contributed by atoms with van der Waals surface area (Å²) in [5.74, 6) is 1.50. The highest BCUT2D eigenvalue weighted by Crippen LogP contribution is 2.25. The van der Waals surface area contributed by atoms with E-state index in [2.05, 4.69) is 34.2 Å². The van der Waals surface area contributed by atoms with Gasteiger partial charge >= 0.3 is 0 Å². The third kappa shape index (κ3) is 4.87. The number of nitrogens with one attached hydrogen (secondary N) is 1. The summed E-state index contributed by atoms with van der Waals surface area (Å²) in [4.78, 5) is 17.2. The average molecular weight is 368 g/mol. The quantitative estimate of drug-likeness (QED) is 0.887. The fourth-order valence-corrected chi connectivity index (χ4v) is 3.77. The smallest absolute Gasteiger partial charge is 0.225 e. The molecule has 5 nitrogen and oxygen atoms in total. The summed E-state index contributed by atoms with van der Waals surface area (Å²) in [5.41, 5.74) is 1.27. The van der Waals surface area contributed by atoms with Gasteiger partial charge in [0.1, 0.15) is 5.75 Å². The molecule has 3 rings (SSSR count). The molecule has 2 saturated heterocycles. The number of piperidine rings is 1. The van der Waals surface area contributed by atoms with Crippen LogP contribution in [0.5, 0.6) is 5.75 Å². The Kier molecular flexibility index (Phi) is 7.54. The molecule has 1 unspecified atom stereocenters. The first kappa shape index (κ1) is 20.0.